The molecule has 0 unspecified atom stereocenters. The summed E-state index contributed by atoms with van der Waals surface area (Å²) in [6, 6.07) is 8.02. The minimum absolute atomic E-state index is 0.613. The van der Waals surface area contributed by atoms with Gasteiger partial charge in [-0.05, 0) is 36.8 Å². The zero-order chi connectivity index (χ0) is 10.9. The summed E-state index contributed by atoms with van der Waals surface area (Å²) in [6.07, 6.45) is 4.14. The first-order chi connectivity index (χ1) is 7.12. The van der Waals surface area contributed by atoms with Crippen LogP contribution in [0.1, 0.15) is 38.2 Å². The molecule has 1 aromatic rings. The Kier molecular flexibility index (Phi) is 3.17. The summed E-state index contributed by atoms with van der Waals surface area (Å²) in [5.74, 6) is 0.621. The van der Waals surface area contributed by atoms with E-state index in [-0.39, 0.29) is 0 Å². The van der Waals surface area contributed by atoms with Gasteiger partial charge in [0.25, 0.3) is 0 Å². The minimum Gasteiger partial charge on any atom is -0.385 e. The maximum atomic E-state index is 10.7. The molecule has 2 atom stereocenters. The highest BCUT2D eigenvalue weighted by molar-refractivity contribution is 9.10. The predicted molar refractivity (Wildman–Crippen MR) is 65.7 cm³/mol. The smallest absolute Gasteiger partial charge is 0.0910 e. The molecule has 1 aliphatic rings. The Balaban J connectivity index is 2.32. The van der Waals surface area contributed by atoms with Gasteiger partial charge in [0.2, 0.25) is 0 Å². The number of hydrogen-bond donors (Lipinski definition) is 1. The van der Waals surface area contributed by atoms with Crippen molar-refractivity contribution in [3.05, 3.63) is 34.3 Å². The van der Waals surface area contributed by atoms with Crippen LogP contribution in [-0.4, -0.2) is 5.11 Å². The van der Waals surface area contributed by atoms with E-state index in [1.807, 2.05) is 24.3 Å². The fourth-order valence-corrected chi connectivity index (χ4v) is 3.26. The van der Waals surface area contributed by atoms with Crippen molar-refractivity contribution in [3.63, 3.8) is 0 Å². The van der Waals surface area contributed by atoms with Crippen LogP contribution >= 0.6 is 15.9 Å². The molecule has 0 amide bonds. The van der Waals surface area contributed by atoms with Crippen LogP contribution in [0, 0.1) is 5.92 Å². The zero-order valence-electron chi connectivity index (χ0n) is 9.04. The number of rotatable bonds is 1. The van der Waals surface area contributed by atoms with Gasteiger partial charge in [-0.25, -0.2) is 0 Å². The Morgan fingerprint density at radius 3 is 2.80 bits per heavy atom. The molecule has 0 aliphatic heterocycles. The van der Waals surface area contributed by atoms with Crippen LogP contribution in [0.4, 0.5) is 0 Å². The minimum atomic E-state index is -0.613. The van der Waals surface area contributed by atoms with E-state index in [1.54, 1.807) is 0 Å². The third kappa shape index (κ3) is 2.26. The molecule has 0 aromatic heterocycles. The van der Waals surface area contributed by atoms with Gasteiger partial charge in [0.05, 0.1) is 5.60 Å². The first-order valence-corrected chi connectivity index (χ1v) is 6.38. The van der Waals surface area contributed by atoms with E-state index in [4.69, 9.17) is 0 Å². The maximum Gasteiger partial charge on any atom is 0.0910 e. The van der Waals surface area contributed by atoms with Crippen LogP contribution in [-0.2, 0) is 5.60 Å². The van der Waals surface area contributed by atoms with Crippen LogP contribution in [0.3, 0.4) is 0 Å². The zero-order valence-corrected chi connectivity index (χ0v) is 10.6. The Hall–Kier alpha value is -0.340. The molecule has 0 saturated heterocycles. The first kappa shape index (κ1) is 11.2. The van der Waals surface area contributed by atoms with Gasteiger partial charge < -0.3 is 5.11 Å². The van der Waals surface area contributed by atoms with Crippen LogP contribution in [0.15, 0.2) is 28.7 Å². The van der Waals surface area contributed by atoms with Crippen molar-refractivity contribution >= 4 is 15.9 Å². The van der Waals surface area contributed by atoms with Gasteiger partial charge in [0.1, 0.15) is 0 Å². The molecule has 1 fully saturated rings. The van der Waals surface area contributed by atoms with Crippen LogP contribution in [0.5, 0.6) is 0 Å². The second kappa shape index (κ2) is 4.26. The lowest BCUT2D eigenvalue weighted by Crippen LogP contribution is -2.32. The van der Waals surface area contributed by atoms with E-state index < -0.39 is 5.60 Å². The van der Waals surface area contributed by atoms with Crippen molar-refractivity contribution < 1.29 is 5.11 Å². The summed E-state index contributed by atoms with van der Waals surface area (Å²) in [6.45, 7) is 2.22. The van der Waals surface area contributed by atoms with E-state index in [0.717, 1.165) is 29.3 Å². The molecule has 0 radical (unpaired) electrons. The van der Waals surface area contributed by atoms with Gasteiger partial charge in [-0.1, -0.05) is 47.5 Å². The van der Waals surface area contributed by atoms with E-state index in [2.05, 4.69) is 22.9 Å². The average molecular weight is 269 g/mol. The highest BCUT2D eigenvalue weighted by atomic mass is 79.9. The van der Waals surface area contributed by atoms with Gasteiger partial charge >= 0.3 is 0 Å². The van der Waals surface area contributed by atoms with Gasteiger partial charge in [-0.3, -0.25) is 0 Å². The lowest BCUT2D eigenvalue weighted by atomic mass is 9.75. The molecule has 15 heavy (non-hydrogen) atoms. The normalized spacial score (nSPS) is 31.5. The summed E-state index contributed by atoms with van der Waals surface area (Å²) in [4.78, 5) is 0. The lowest BCUT2D eigenvalue weighted by Gasteiger charge is -2.36. The Bertz CT molecular complexity index is 350. The highest BCUT2D eigenvalue weighted by Crippen LogP contribution is 2.42. The fourth-order valence-electron chi connectivity index (χ4n) is 2.61. The van der Waals surface area contributed by atoms with E-state index in [9.17, 15) is 5.11 Å². The molecular weight excluding hydrogens is 252 g/mol. The molecule has 1 aliphatic carbocycles. The van der Waals surface area contributed by atoms with Crippen LogP contribution in [0.25, 0.3) is 0 Å². The number of halogens is 1. The summed E-state index contributed by atoms with van der Waals surface area (Å²) < 4.78 is 1.03. The predicted octanol–water partition coefficient (Wildman–Crippen LogP) is 3.85. The molecule has 2 heteroatoms. The Labute approximate surface area is 99.6 Å². The number of hydrogen-bond acceptors (Lipinski definition) is 1. The van der Waals surface area contributed by atoms with Gasteiger partial charge in [-0.15, -0.1) is 0 Å². The Morgan fingerprint density at radius 2 is 2.13 bits per heavy atom. The second-order valence-corrected chi connectivity index (χ2v) is 5.57. The summed E-state index contributed by atoms with van der Waals surface area (Å²) in [7, 11) is 0. The van der Waals surface area contributed by atoms with Gasteiger partial charge in [-0.2, -0.15) is 0 Å². The molecule has 0 heterocycles. The van der Waals surface area contributed by atoms with Crippen molar-refractivity contribution in [2.45, 2.75) is 38.2 Å². The third-order valence-electron chi connectivity index (χ3n) is 3.35. The van der Waals surface area contributed by atoms with Crippen molar-refractivity contribution in [2.24, 2.45) is 5.92 Å². The van der Waals surface area contributed by atoms with Crippen LogP contribution in [0.2, 0.25) is 0 Å². The van der Waals surface area contributed by atoms with Gasteiger partial charge in [0, 0.05) is 4.47 Å². The molecule has 1 N–H and O–H groups in total. The lowest BCUT2D eigenvalue weighted by molar-refractivity contribution is -0.0184. The topological polar surface area (TPSA) is 20.2 Å². The van der Waals surface area contributed by atoms with Crippen LogP contribution < -0.4 is 0 Å². The summed E-state index contributed by atoms with van der Waals surface area (Å²) in [5, 5.41) is 10.7. The molecule has 82 valence electrons. The molecule has 2 rings (SSSR count). The van der Waals surface area contributed by atoms with E-state index >= 15 is 0 Å². The quantitative estimate of drug-likeness (QED) is 0.821. The second-order valence-electron chi connectivity index (χ2n) is 4.71. The SMILES string of the molecule is C[C@@H]1CCC[C@](O)(c2ccccc2Br)C1. The van der Waals surface area contributed by atoms with Crippen molar-refractivity contribution in [2.75, 3.05) is 0 Å². The van der Waals surface area contributed by atoms with Crippen molar-refractivity contribution in [1.29, 1.82) is 0 Å². The highest BCUT2D eigenvalue weighted by Gasteiger charge is 2.35. The van der Waals surface area contributed by atoms with Crippen molar-refractivity contribution in [3.8, 4) is 0 Å². The van der Waals surface area contributed by atoms with Gasteiger partial charge in [0.15, 0.2) is 0 Å². The molecule has 1 saturated carbocycles. The molecule has 1 aromatic carbocycles. The molecule has 0 spiro atoms. The maximum absolute atomic E-state index is 10.7. The average Bonchev–Trinajstić information content (AvgIpc) is 2.17. The standard InChI is InChI=1S/C13H17BrO/c1-10-5-4-8-13(15,9-10)11-6-2-3-7-12(11)14/h2-3,6-7,10,15H,4-5,8-9H2,1H3/t10-,13-/m1/s1. The number of aliphatic hydroxyl groups is 1. The summed E-state index contributed by atoms with van der Waals surface area (Å²) >= 11 is 3.53. The third-order valence-corrected chi connectivity index (χ3v) is 4.04. The van der Waals surface area contributed by atoms with E-state index in [1.165, 1.54) is 6.42 Å². The molecule has 1 nitrogen and oxygen atoms in total. The first-order valence-electron chi connectivity index (χ1n) is 5.59. The summed E-state index contributed by atoms with van der Waals surface area (Å²) in [5.41, 5.74) is 0.439. The fraction of sp³-hybridized carbons (Fsp3) is 0.538. The Morgan fingerprint density at radius 1 is 1.40 bits per heavy atom. The molecular formula is C13H17BrO. The van der Waals surface area contributed by atoms with E-state index in [0.29, 0.717) is 5.92 Å². The van der Waals surface area contributed by atoms with Crippen molar-refractivity contribution in [1.82, 2.24) is 0 Å². The largest absolute Gasteiger partial charge is 0.385 e. The molecule has 0 bridgehead atoms. The monoisotopic (exact) mass is 268 g/mol. The number of benzene rings is 1.